The second kappa shape index (κ2) is 5.53. The number of aromatic hydroxyl groups is 1. The Balaban J connectivity index is 2.04. The van der Waals surface area contributed by atoms with Crippen molar-refractivity contribution in [3.05, 3.63) is 39.7 Å². The minimum atomic E-state index is -0.313. The molecule has 112 valence electrons. The van der Waals surface area contributed by atoms with Crippen molar-refractivity contribution in [1.82, 2.24) is 0 Å². The number of aryl methyl sites for hydroxylation is 1. The van der Waals surface area contributed by atoms with Crippen LogP contribution in [0.2, 0.25) is 0 Å². The average molecular weight is 288 g/mol. The van der Waals surface area contributed by atoms with Crippen LogP contribution in [0.5, 0.6) is 5.75 Å². The molecule has 1 unspecified atom stereocenters. The van der Waals surface area contributed by atoms with E-state index in [1.165, 1.54) is 24.2 Å². The van der Waals surface area contributed by atoms with Gasteiger partial charge >= 0.3 is 5.63 Å². The van der Waals surface area contributed by atoms with Crippen LogP contribution in [0, 0.1) is 6.92 Å². The molecule has 1 aliphatic rings. The standard InChI is InChI=1S/C17H21NO3/c1-11-7-16-14(9-15(11)19)13(8-17(20)21-16)10-18-6-4-3-5-12(18)2/h7-9,12,19H,3-6,10H2,1-2H3/p+1/t12-/m1/s1. The molecule has 2 N–H and O–H groups in total. The maximum atomic E-state index is 11.8. The molecule has 2 heterocycles. The van der Waals surface area contributed by atoms with Gasteiger partial charge < -0.3 is 14.4 Å². The van der Waals surface area contributed by atoms with E-state index in [9.17, 15) is 9.90 Å². The molecule has 1 aliphatic heterocycles. The molecule has 1 aromatic carbocycles. The highest BCUT2D eigenvalue weighted by molar-refractivity contribution is 5.82. The van der Waals surface area contributed by atoms with E-state index in [4.69, 9.17) is 4.42 Å². The van der Waals surface area contributed by atoms with Gasteiger partial charge in [0.15, 0.2) is 0 Å². The summed E-state index contributed by atoms with van der Waals surface area (Å²) in [5.74, 6) is 0.249. The van der Waals surface area contributed by atoms with Gasteiger partial charge in [-0.05, 0) is 50.8 Å². The van der Waals surface area contributed by atoms with Crippen molar-refractivity contribution in [3.63, 3.8) is 0 Å². The van der Waals surface area contributed by atoms with Gasteiger partial charge in [-0.15, -0.1) is 0 Å². The van der Waals surface area contributed by atoms with Crippen molar-refractivity contribution in [2.24, 2.45) is 0 Å². The van der Waals surface area contributed by atoms with E-state index in [2.05, 4.69) is 6.92 Å². The number of hydrogen-bond donors (Lipinski definition) is 2. The first-order valence-electron chi connectivity index (χ1n) is 7.65. The Morgan fingerprint density at radius 1 is 1.33 bits per heavy atom. The molecule has 3 rings (SSSR count). The Morgan fingerprint density at radius 3 is 2.90 bits per heavy atom. The molecule has 1 saturated heterocycles. The molecule has 0 spiro atoms. The topological polar surface area (TPSA) is 54.9 Å². The van der Waals surface area contributed by atoms with Gasteiger partial charge in [-0.2, -0.15) is 0 Å². The third kappa shape index (κ3) is 2.81. The number of rotatable bonds is 2. The predicted octanol–water partition coefficient (Wildman–Crippen LogP) is 1.76. The van der Waals surface area contributed by atoms with Crippen molar-refractivity contribution >= 4 is 11.0 Å². The van der Waals surface area contributed by atoms with Crippen LogP contribution in [0.15, 0.2) is 27.4 Å². The Hall–Kier alpha value is -1.81. The predicted molar refractivity (Wildman–Crippen MR) is 81.7 cm³/mol. The van der Waals surface area contributed by atoms with Gasteiger partial charge in [-0.3, -0.25) is 0 Å². The molecule has 0 saturated carbocycles. The Kier molecular flexibility index (Phi) is 3.72. The first kappa shape index (κ1) is 14.1. The number of quaternary nitrogens is 1. The molecule has 0 radical (unpaired) electrons. The monoisotopic (exact) mass is 288 g/mol. The van der Waals surface area contributed by atoms with Gasteiger partial charge in [0, 0.05) is 17.0 Å². The second-order valence-corrected chi connectivity index (χ2v) is 6.21. The molecule has 0 bridgehead atoms. The summed E-state index contributed by atoms with van der Waals surface area (Å²) in [4.78, 5) is 13.3. The normalized spacial score (nSPS) is 22.6. The van der Waals surface area contributed by atoms with E-state index in [-0.39, 0.29) is 11.4 Å². The van der Waals surface area contributed by atoms with E-state index in [1.807, 2.05) is 0 Å². The van der Waals surface area contributed by atoms with Crippen LogP contribution in [-0.4, -0.2) is 17.7 Å². The summed E-state index contributed by atoms with van der Waals surface area (Å²) in [6.45, 7) is 6.02. The summed E-state index contributed by atoms with van der Waals surface area (Å²) < 4.78 is 5.28. The smallest absolute Gasteiger partial charge is 0.336 e. The second-order valence-electron chi connectivity index (χ2n) is 6.21. The molecule has 4 heteroatoms. The van der Waals surface area contributed by atoms with Crippen molar-refractivity contribution in [2.45, 2.75) is 45.7 Å². The third-order valence-corrected chi connectivity index (χ3v) is 4.65. The number of hydrogen-bond acceptors (Lipinski definition) is 3. The van der Waals surface area contributed by atoms with Crippen molar-refractivity contribution in [2.75, 3.05) is 6.54 Å². The minimum Gasteiger partial charge on any atom is -0.508 e. The van der Waals surface area contributed by atoms with E-state index < -0.39 is 0 Å². The summed E-state index contributed by atoms with van der Waals surface area (Å²) in [6.07, 6.45) is 3.77. The number of phenols is 1. The Labute approximate surface area is 124 Å². The summed E-state index contributed by atoms with van der Waals surface area (Å²) >= 11 is 0. The van der Waals surface area contributed by atoms with Crippen LogP contribution in [0.4, 0.5) is 0 Å². The lowest BCUT2D eigenvalue weighted by atomic mass is 10.0. The van der Waals surface area contributed by atoms with Crippen LogP contribution in [-0.2, 0) is 6.54 Å². The molecule has 1 aromatic heterocycles. The number of piperidine rings is 1. The molecule has 0 aliphatic carbocycles. The minimum absolute atomic E-state index is 0.249. The number of likely N-dealkylation sites (tertiary alicyclic amines) is 1. The molecule has 2 atom stereocenters. The molecule has 4 nitrogen and oxygen atoms in total. The highest BCUT2D eigenvalue weighted by Gasteiger charge is 2.23. The Bertz CT molecular complexity index is 720. The summed E-state index contributed by atoms with van der Waals surface area (Å²) in [6, 6.07) is 5.65. The van der Waals surface area contributed by atoms with Crippen LogP contribution >= 0.6 is 0 Å². The zero-order valence-corrected chi connectivity index (χ0v) is 12.6. The highest BCUT2D eigenvalue weighted by Crippen LogP contribution is 2.25. The lowest BCUT2D eigenvalue weighted by Gasteiger charge is -2.30. The van der Waals surface area contributed by atoms with E-state index in [0.29, 0.717) is 11.6 Å². The van der Waals surface area contributed by atoms with Crippen molar-refractivity contribution in [3.8, 4) is 5.75 Å². The SMILES string of the molecule is Cc1cc2oc(=O)cc(C[NH+]3CCCC[C@H]3C)c2cc1O. The van der Waals surface area contributed by atoms with Gasteiger partial charge in [0.05, 0.1) is 12.6 Å². The fourth-order valence-electron chi connectivity index (χ4n) is 3.27. The first-order chi connectivity index (χ1) is 10.0. The largest absolute Gasteiger partial charge is 0.508 e. The zero-order valence-electron chi connectivity index (χ0n) is 12.6. The molecular formula is C17H22NO3+. The maximum absolute atomic E-state index is 11.8. The molecule has 1 fully saturated rings. The van der Waals surface area contributed by atoms with Crippen molar-refractivity contribution in [1.29, 1.82) is 0 Å². The molecular weight excluding hydrogens is 266 g/mol. The van der Waals surface area contributed by atoms with Crippen LogP contribution in [0.25, 0.3) is 11.0 Å². The number of benzene rings is 1. The van der Waals surface area contributed by atoms with Gasteiger partial charge in [0.25, 0.3) is 0 Å². The lowest BCUT2D eigenvalue weighted by Crippen LogP contribution is -3.14. The van der Waals surface area contributed by atoms with Gasteiger partial charge in [0.2, 0.25) is 0 Å². The van der Waals surface area contributed by atoms with Gasteiger partial charge in [0.1, 0.15) is 17.9 Å². The van der Waals surface area contributed by atoms with Crippen LogP contribution in [0.3, 0.4) is 0 Å². The number of phenolic OH excluding ortho intramolecular Hbond substituents is 1. The molecule has 2 aromatic rings. The summed E-state index contributed by atoms with van der Waals surface area (Å²) in [5.41, 5.74) is 1.95. The van der Waals surface area contributed by atoms with Crippen molar-refractivity contribution < 1.29 is 14.4 Å². The van der Waals surface area contributed by atoms with E-state index in [1.54, 1.807) is 25.1 Å². The number of fused-ring (bicyclic) bond motifs is 1. The fourth-order valence-corrected chi connectivity index (χ4v) is 3.27. The number of nitrogens with one attached hydrogen (secondary N) is 1. The van der Waals surface area contributed by atoms with Crippen LogP contribution < -0.4 is 10.5 Å². The summed E-state index contributed by atoms with van der Waals surface area (Å²) in [7, 11) is 0. The quantitative estimate of drug-likeness (QED) is 0.828. The van der Waals surface area contributed by atoms with Gasteiger partial charge in [-0.1, -0.05) is 0 Å². The fraction of sp³-hybridized carbons (Fsp3) is 0.471. The summed E-state index contributed by atoms with van der Waals surface area (Å²) in [5, 5.41) is 10.8. The maximum Gasteiger partial charge on any atom is 0.336 e. The van der Waals surface area contributed by atoms with Gasteiger partial charge in [-0.25, -0.2) is 4.79 Å². The molecule has 0 amide bonds. The molecule has 21 heavy (non-hydrogen) atoms. The van der Waals surface area contributed by atoms with Crippen LogP contribution in [0.1, 0.15) is 37.3 Å². The average Bonchev–Trinajstić information content (AvgIpc) is 2.43. The van der Waals surface area contributed by atoms with E-state index >= 15 is 0 Å². The van der Waals surface area contributed by atoms with E-state index in [0.717, 1.165) is 29.6 Å². The Morgan fingerprint density at radius 2 is 2.14 bits per heavy atom. The third-order valence-electron chi connectivity index (χ3n) is 4.65. The first-order valence-corrected chi connectivity index (χ1v) is 7.65. The highest BCUT2D eigenvalue weighted by atomic mass is 16.4. The lowest BCUT2D eigenvalue weighted by molar-refractivity contribution is -0.941. The zero-order chi connectivity index (χ0) is 15.0.